The summed E-state index contributed by atoms with van der Waals surface area (Å²) in [5, 5.41) is 0. The van der Waals surface area contributed by atoms with E-state index in [0.717, 1.165) is 103 Å². The molecule has 0 spiro atoms. The Labute approximate surface area is 404 Å². The van der Waals surface area contributed by atoms with Gasteiger partial charge in [0.15, 0.2) is 6.10 Å². The average Bonchev–Trinajstić information content (AvgIpc) is 3.31. The van der Waals surface area contributed by atoms with Gasteiger partial charge in [0.1, 0.15) is 13.2 Å². The second-order valence-corrected chi connectivity index (χ2v) is 16.3. The van der Waals surface area contributed by atoms with E-state index in [4.69, 9.17) is 14.2 Å². The van der Waals surface area contributed by atoms with Crippen molar-refractivity contribution in [2.24, 2.45) is 0 Å². The quantitative estimate of drug-likeness (QED) is 0.0262. The first-order valence-electron chi connectivity index (χ1n) is 25.8. The molecular weight excluding hydrogens is 817 g/mol. The van der Waals surface area contributed by atoms with Gasteiger partial charge in [0.25, 0.3) is 0 Å². The summed E-state index contributed by atoms with van der Waals surface area (Å²) in [7, 11) is 0. The lowest BCUT2D eigenvalue weighted by atomic mass is 10.1. The molecule has 0 N–H and O–H groups in total. The van der Waals surface area contributed by atoms with Gasteiger partial charge in [-0.25, -0.2) is 0 Å². The highest BCUT2D eigenvalue weighted by atomic mass is 16.6. The molecule has 0 heterocycles. The van der Waals surface area contributed by atoms with E-state index in [0.29, 0.717) is 12.8 Å². The highest BCUT2D eigenvalue weighted by molar-refractivity contribution is 5.71. The Morgan fingerprint density at radius 2 is 0.621 bits per heavy atom. The molecule has 6 nitrogen and oxygen atoms in total. The van der Waals surface area contributed by atoms with Crippen LogP contribution in [0.1, 0.15) is 194 Å². The van der Waals surface area contributed by atoms with E-state index in [2.05, 4.69) is 148 Å². The number of allylic oxidation sites excluding steroid dienone is 24. The van der Waals surface area contributed by atoms with Crippen LogP contribution in [0.15, 0.2) is 146 Å². The summed E-state index contributed by atoms with van der Waals surface area (Å²) in [6.07, 6.45) is 75.7. The molecule has 66 heavy (non-hydrogen) atoms. The van der Waals surface area contributed by atoms with E-state index in [9.17, 15) is 14.4 Å². The zero-order valence-corrected chi connectivity index (χ0v) is 41.9. The van der Waals surface area contributed by atoms with Crippen LogP contribution in [0.4, 0.5) is 0 Å². The molecule has 1 unspecified atom stereocenters. The number of carbonyl (C=O) groups is 3. The molecule has 368 valence electrons. The number of hydrogen-bond donors (Lipinski definition) is 0. The first kappa shape index (κ1) is 61.3. The topological polar surface area (TPSA) is 78.9 Å². The molecule has 0 aromatic carbocycles. The van der Waals surface area contributed by atoms with Crippen molar-refractivity contribution in [1.82, 2.24) is 0 Å². The minimum atomic E-state index is -0.860. The normalized spacial score (nSPS) is 13.3. The van der Waals surface area contributed by atoms with Crippen molar-refractivity contribution in [3.05, 3.63) is 146 Å². The number of rotatable bonds is 44. The molecule has 0 aromatic rings. The van der Waals surface area contributed by atoms with Crippen molar-refractivity contribution in [2.45, 2.75) is 200 Å². The van der Waals surface area contributed by atoms with Crippen molar-refractivity contribution in [3.63, 3.8) is 0 Å². The Morgan fingerprint density at radius 3 is 1.02 bits per heavy atom. The Kier molecular flexibility index (Phi) is 49.1. The third-order valence-electron chi connectivity index (χ3n) is 10.1. The second kappa shape index (κ2) is 52.9. The lowest BCUT2D eigenvalue weighted by molar-refractivity contribution is -0.166. The zero-order valence-electron chi connectivity index (χ0n) is 41.9. The van der Waals surface area contributed by atoms with Crippen LogP contribution in [-0.2, 0) is 28.6 Å². The average molecular weight is 909 g/mol. The molecule has 0 aromatic heterocycles. The summed E-state index contributed by atoms with van der Waals surface area (Å²) in [5.41, 5.74) is 0. The maximum atomic E-state index is 12.8. The molecule has 0 bridgehead atoms. The maximum absolute atomic E-state index is 12.8. The van der Waals surface area contributed by atoms with Crippen LogP contribution >= 0.6 is 0 Å². The minimum absolute atomic E-state index is 0.148. The summed E-state index contributed by atoms with van der Waals surface area (Å²) in [5.74, 6) is -1.14. The largest absolute Gasteiger partial charge is 0.462 e. The van der Waals surface area contributed by atoms with E-state index in [-0.39, 0.29) is 44.4 Å². The van der Waals surface area contributed by atoms with Gasteiger partial charge in [-0.15, -0.1) is 0 Å². The van der Waals surface area contributed by atoms with E-state index in [1.165, 1.54) is 38.5 Å². The van der Waals surface area contributed by atoms with E-state index < -0.39 is 12.1 Å². The zero-order chi connectivity index (χ0) is 47.9. The van der Waals surface area contributed by atoms with E-state index >= 15 is 0 Å². The third kappa shape index (κ3) is 50.3. The fourth-order valence-electron chi connectivity index (χ4n) is 6.27. The van der Waals surface area contributed by atoms with Crippen molar-refractivity contribution in [1.29, 1.82) is 0 Å². The Balaban J connectivity index is 4.64. The number of ether oxygens (including phenoxy) is 3. The molecule has 0 radical (unpaired) electrons. The van der Waals surface area contributed by atoms with Gasteiger partial charge < -0.3 is 14.2 Å². The number of hydrogen-bond acceptors (Lipinski definition) is 6. The highest BCUT2D eigenvalue weighted by Gasteiger charge is 2.19. The maximum Gasteiger partial charge on any atom is 0.306 e. The van der Waals surface area contributed by atoms with Crippen molar-refractivity contribution < 1.29 is 28.6 Å². The summed E-state index contributed by atoms with van der Waals surface area (Å²) < 4.78 is 16.6. The lowest BCUT2D eigenvalue weighted by Gasteiger charge is -2.18. The number of esters is 3. The van der Waals surface area contributed by atoms with Crippen LogP contribution in [0.2, 0.25) is 0 Å². The first-order valence-corrected chi connectivity index (χ1v) is 25.8. The molecule has 0 saturated carbocycles. The van der Waals surface area contributed by atoms with Gasteiger partial charge in [0, 0.05) is 19.3 Å². The van der Waals surface area contributed by atoms with Crippen LogP contribution in [0.3, 0.4) is 0 Å². The predicted molar refractivity (Wildman–Crippen MR) is 283 cm³/mol. The molecule has 0 aliphatic carbocycles. The van der Waals surface area contributed by atoms with Crippen molar-refractivity contribution in [2.75, 3.05) is 13.2 Å². The standard InChI is InChI=1S/C60H92O6/c1-4-7-10-13-16-19-22-25-27-29-30-31-33-35-38-41-44-47-50-53-59(62)65-56-57(55-64-58(61)52-49-46-43-40-37-34-24-21-18-15-12-9-6-3)66-60(63)54-51-48-45-42-39-36-32-28-26-23-20-17-14-11-8-5-2/h7-8,10-11,16-17,19-20,25-28,30-31,34-39,43,45-46,48,57H,4-6,9,12-15,18,21-24,29,32-33,40-42,44,47,49-56H2,1-3H3/b10-7+,11-8+,19-16+,20-17+,27-25+,28-26+,31-30+,37-34+,38-35+,39-36+,46-43+,48-45+. The van der Waals surface area contributed by atoms with Crippen LogP contribution in [0, 0.1) is 0 Å². The lowest BCUT2D eigenvalue weighted by Crippen LogP contribution is -2.30. The highest BCUT2D eigenvalue weighted by Crippen LogP contribution is 2.10. The van der Waals surface area contributed by atoms with Crippen LogP contribution in [0.25, 0.3) is 0 Å². The smallest absolute Gasteiger partial charge is 0.306 e. The fourth-order valence-corrected chi connectivity index (χ4v) is 6.27. The summed E-state index contributed by atoms with van der Waals surface area (Å²) in [6.45, 7) is 6.23. The molecule has 0 aliphatic rings. The predicted octanol–water partition coefficient (Wildman–Crippen LogP) is 17.3. The van der Waals surface area contributed by atoms with Crippen LogP contribution in [-0.4, -0.2) is 37.2 Å². The molecule has 1 atom stereocenters. The molecule has 0 saturated heterocycles. The van der Waals surface area contributed by atoms with Gasteiger partial charge in [-0.05, 0) is 116 Å². The molecule has 0 aliphatic heterocycles. The Morgan fingerprint density at radius 1 is 0.318 bits per heavy atom. The molecule has 0 fully saturated rings. The fraction of sp³-hybridized carbons (Fsp3) is 0.550. The van der Waals surface area contributed by atoms with Gasteiger partial charge in [-0.1, -0.05) is 205 Å². The summed E-state index contributed by atoms with van der Waals surface area (Å²) >= 11 is 0. The Bertz CT molecular complexity index is 1510. The van der Waals surface area contributed by atoms with Crippen LogP contribution in [0.5, 0.6) is 0 Å². The third-order valence-corrected chi connectivity index (χ3v) is 10.1. The van der Waals surface area contributed by atoms with Crippen molar-refractivity contribution >= 4 is 17.9 Å². The van der Waals surface area contributed by atoms with Gasteiger partial charge >= 0.3 is 17.9 Å². The van der Waals surface area contributed by atoms with E-state index in [1.807, 2.05) is 18.2 Å². The molecule has 0 rings (SSSR count). The number of carbonyl (C=O) groups excluding carboxylic acids is 3. The van der Waals surface area contributed by atoms with Gasteiger partial charge in [0.05, 0.1) is 0 Å². The molecular formula is C60H92O6. The van der Waals surface area contributed by atoms with E-state index in [1.54, 1.807) is 0 Å². The van der Waals surface area contributed by atoms with Crippen molar-refractivity contribution in [3.8, 4) is 0 Å². The Hall–Kier alpha value is -4.71. The number of unbranched alkanes of at least 4 members (excludes halogenated alkanes) is 9. The van der Waals surface area contributed by atoms with Gasteiger partial charge in [0.2, 0.25) is 0 Å². The van der Waals surface area contributed by atoms with Gasteiger partial charge in [-0.3, -0.25) is 14.4 Å². The first-order chi connectivity index (χ1) is 32.5. The summed E-state index contributed by atoms with van der Waals surface area (Å²) in [4.78, 5) is 37.9. The van der Waals surface area contributed by atoms with Gasteiger partial charge in [-0.2, -0.15) is 0 Å². The SMILES string of the molecule is CC/C=C/C/C=C/C/C=C/C/C=C/C/C=C/CCCCCC(=O)OCC(COC(=O)CC/C=C/C/C=C/CCCCCCCC)OC(=O)CC/C=C/C/C=C/C/C=C/C/C=C/C/C=C/CC. The minimum Gasteiger partial charge on any atom is -0.462 e. The molecule has 6 heteroatoms. The second-order valence-electron chi connectivity index (χ2n) is 16.3. The molecule has 0 amide bonds. The monoisotopic (exact) mass is 909 g/mol. The van der Waals surface area contributed by atoms with Crippen LogP contribution < -0.4 is 0 Å². The summed E-state index contributed by atoms with van der Waals surface area (Å²) in [6, 6.07) is 0.